The summed E-state index contributed by atoms with van der Waals surface area (Å²) in [6.45, 7) is 30.0. The highest BCUT2D eigenvalue weighted by Gasteiger charge is 2.00. The van der Waals surface area contributed by atoms with Crippen LogP contribution in [0.2, 0.25) is 0 Å². The van der Waals surface area contributed by atoms with E-state index in [0.717, 1.165) is 45.8 Å². The molecule has 0 aliphatic heterocycles. The molecular formula is C38H107N7O20S5. The lowest BCUT2D eigenvalue weighted by atomic mass is 10.7. The Kier molecular flexibility index (Phi) is 95.6. The van der Waals surface area contributed by atoms with E-state index in [2.05, 4.69) is 202 Å². The molecule has 32 heteroatoms. The van der Waals surface area contributed by atoms with Crippen LogP contribution < -0.4 is 0 Å². The Labute approximate surface area is 430 Å². The summed E-state index contributed by atoms with van der Waals surface area (Å²) in [6.07, 6.45) is 0. The predicted molar refractivity (Wildman–Crippen MR) is 285 cm³/mol. The van der Waals surface area contributed by atoms with Gasteiger partial charge in [-0.2, -0.15) is 42.1 Å². The Bertz CT molecular complexity index is 1230. The first kappa shape index (κ1) is 98.3. The van der Waals surface area contributed by atoms with Crippen molar-refractivity contribution in [3.05, 3.63) is 0 Å². The molecule has 0 saturated heterocycles. The van der Waals surface area contributed by atoms with Crippen LogP contribution >= 0.6 is 0 Å². The van der Waals surface area contributed by atoms with E-state index in [9.17, 15) is 42.1 Å². The fourth-order valence-electron chi connectivity index (χ4n) is 0.745. The summed E-state index contributed by atoms with van der Waals surface area (Å²) in [7, 11) is 7.91. The van der Waals surface area contributed by atoms with Crippen LogP contribution in [0.25, 0.3) is 0 Å². The van der Waals surface area contributed by atoms with Crippen molar-refractivity contribution in [3.8, 4) is 0 Å². The monoisotopic (exact) mass is 1140 g/mol. The average Bonchev–Trinajstić information content (AvgIpc) is 3.18. The largest absolute Gasteiger partial charge is 0.397 e. The van der Waals surface area contributed by atoms with Crippen molar-refractivity contribution in [1.82, 2.24) is 34.3 Å². The lowest BCUT2D eigenvalue weighted by Gasteiger charge is -2.00. The zero-order chi connectivity index (χ0) is 59.6. The van der Waals surface area contributed by atoms with Crippen LogP contribution in [0.3, 0.4) is 0 Å². The summed E-state index contributed by atoms with van der Waals surface area (Å²) < 4.78 is 153. The highest BCUT2D eigenvalue weighted by Crippen LogP contribution is 1.84. The molecule has 0 aromatic carbocycles. The number of hydrogen-bond acceptors (Lipinski definition) is 22. The van der Waals surface area contributed by atoms with Crippen molar-refractivity contribution < 1.29 is 85.8 Å². The lowest BCUT2D eigenvalue weighted by Crippen LogP contribution is -2.08. The van der Waals surface area contributed by atoms with Gasteiger partial charge >= 0.3 is 52.0 Å². The fraction of sp³-hybridized carbons (Fsp3) is 1.00. The van der Waals surface area contributed by atoms with Crippen LogP contribution in [0.15, 0.2) is 0 Å². The molecule has 27 nitrogen and oxygen atoms in total. The molecule has 0 fully saturated rings. The minimum absolute atomic E-state index is 0.0289. The molecule has 0 atom stereocenters. The number of hydrogen-bond donors (Lipinski definition) is 5. The molecule has 0 aliphatic rings. The Hall–Kier alpha value is -0.930. The summed E-state index contributed by atoms with van der Waals surface area (Å²) >= 11 is 0. The van der Waals surface area contributed by atoms with E-state index in [1.54, 1.807) is 0 Å². The first-order valence-corrected chi connectivity index (χ1v) is 28.6. The van der Waals surface area contributed by atoms with Gasteiger partial charge in [0.1, 0.15) is 0 Å². The topological polar surface area (TPSA) is 341 Å². The molecule has 0 spiro atoms. The zero-order valence-electron chi connectivity index (χ0n) is 48.0. The second kappa shape index (κ2) is 68.1. The molecule has 0 radical (unpaired) electrons. The van der Waals surface area contributed by atoms with Crippen molar-refractivity contribution in [1.29, 1.82) is 0 Å². The third-order valence-electron chi connectivity index (χ3n) is 5.76. The predicted octanol–water partition coefficient (Wildman–Crippen LogP) is 3.10. The van der Waals surface area contributed by atoms with Crippen molar-refractivity contribution in [2.24, 2.45) is 0 Å². The highest BCUT2D eigenvalue weighted by atomic mass is 32.3. The van der Waals surface area contributed by atoms with Crippen LogP contribution in [-0.4, -0.2) is 277 Å². The number of rotatable bonds is 17. The maximum atomic E-state index is 9.56. The van der Waals surface area contributed by atoms with Crippen LogP contribution in [0.1, 0.15) is 83.1 Å². The van der Waals surface area contributed by atoms with Gasteiger partial charge in [-0.3, -0.25) is 22.8 Å². The van der Waals surface area contributed by atoms with E-state index >= 15 is 0 Å². The summed E-state index contributed by atoms with van der Waals surface area (Å²) in [5.74, 6) is 0. The van der Waals surface area contributed by atoms with E-state index in [1.165, 1.54) is 34.6 Å². The molecular weight excluding hydrogens is 1030 g/mol. The van der Waals surface area contributed by atoms with Gasteiger partial charge in [0, 0.05) is 0 Å². The van der Waals surface area contributed by atoms with Gasteiger partial charge in [0.15, 0.2) is 0 Å². The molecule has 0 aromatic heterocycles. The SMILES string of the molecule is CCN(C)C.CCN(C)C.CCN(C)C.CCN(C)C.CCN(C)C.CCN(C)C.CCN(C)C.CCOS(=O)(=O)O.CCOS(=O)(=O)O.CCOS(=O)(=O)O.CCOS(=O)(=O)O.CCOS(=O)(=O)O. The maximum absolute atomic E-state index is 9.56. The molecule has 0 aromatic rings. The van der Waals surface area contributed by atoms with Crippen LogP contribution in [-0.2, 0) is 72.9 Å². The minimum Gasteiger partial charge on any atom is -0.310 e. The quantitative estimate of drug-likeness (QED) is 0.131. The smallest absolute Gasteiger partial charge is 0.310 e. The maximum Gasteiger partial charge on any atom is 0.397 e. The van der Waals surface area contributed by atoms with Crippen LogP contribution in [0.4, 0.5) is 0 Å². The van der Waals surface area contributed by atoms with Gasteiger partial charge in [-0.05, 0) is 179 Å². The first-order valence-electron chi connectivity index (χ1n) is 21.8. The van der Waals surface area contributed by atoms with Crippen LogP contribution in [0.5, 0.6) is 0 Å². The van der Waals surface area contributed by atoms with Gasteiger partial charge in [-0.1, -0.05) is 48.5 Å². The second-order valence-corrected chi connectivity index (χ2v) is 19.4. The van der Waals surface area contributed by atoms with Gasteiger partial charge in [0.2, 0.25) is 0 Å². The van der Waals surface area contributed by atoms with E-state index < -0.39 is 52.0 Å². The van der Waals surface area contributed by atoms with Gasteiger partial charge in [-0.25, -0.2) is 20.9 Å². The summed E-state index contributed by atoms with van der Waals surface area (Å²) in [5.41, 5.74) is 0. The summed E-state index contributed by atoms with van der Waals surface area (Å²) in [5, 5.41) is 0. The van der Waals surface area contributed by atoms with E-state index in [-0.39, 0.29) is 33.0 Å². The molecule has 0 saturated carbocycles. The third kappa shape index (κ3) is 268. The summed E-state index contributed by atoms with van der Waals surface area (Å²) in [6, 6.07) is 0. The molecule has 70 heavy (non-hydrogen) atoms. The first-order chi connectivity index (χ1) is 31.2. The average molecular weight is 1140 g/mol. The second-order valence-electron chi connectivity index (χ2n) is 13.9. The molecule has 0 rings (SSSR count). The Balaban J connectivity index is -0.0000000526. The molecule has 0 aliphatic carbocycles. The molecule has 0 unspecified atom stereocenters. The van der Waals surface area contributed by atoms with Crippen molar-refractivity contribution in [2.75, 3.05) is 178 Å². The van der Waals surface area contributed by atoms with Gasteiger partial charge in [-0.15, -0.1) is 0 Å². The van der Waals surface area contributed by atoms with Gasteiger partial charge < -0.3 is 34.3 Å². The molecule has 0 amide bonds. The standard InChI is InChI=1S/7C4H11N.5C2H6O4S/c7*1-4-5(2)3;5*1-2-6-7(3,4)5/h7*4H2,1-3H3;5*2H2,1H3,(H,3,4,5). The Morgan fingerprint density at radius 3 is 0.286 bits per heavy atom. The third-order valence-corrected chi connectivity index (χ3v) is 8.43. The minimum atomic E-state index is -4.17. The normalized spacial score (nSPS) is 10.7. The molecule has 5 N–H and O–H groups in total. The molecule has 444 valence electrons. The van der Waals surface area contributed by atoms with Crippen molar-refractivity contribution >= 4 is 52.0 Å². The van der Waals surface area contributed by atoms with E-state index in [1.807, 2.05) is 0 Å². The van der Waals surface area contributed by atoms with E-state index in [0.29, 0.717) is 0 Å². The van der Waals surface area contributed by atoms with E-state index in [4.69, 9.17) is 22.8 Å². The highest BCUT2D eigenvalue weighted by molar-refractivity contribution is 7.81. The number of nitrogens with zero attached hydrogens (tertiary/aromatic N) is 7. The zero-order valence-corrected chi connectivity index (χ0v) is 52.1. The Morgan fingerprint density at radius 1 is 0.229 bits per heavy atom. The van der Waals surface area contributed by atoms with Gasteiger partial charge in [0.05, 0.1) is 33.0 Å². The fourth-order valence-corrected chi connectivity index (χ4v) is 2.23. The molecule has 0 bridgehead atoms. The summed E-state index contributed by atoms with van der Waals surface area (Å²) in [4.78, 5) is 14.9. The van der Waals surface area contributed by atoms with Crippen molar-refractivity contribution in [3.63, 3.8) is 0 Å². The lowest BCUT2D eigenvalue weighted by molar-refractivity contribution is 0.281. The van der Waals surface area contributed by atoms with Gasteiger partial charge in [0.25, 0.3) is 0 Å². The molecule has 0 heterocycles. The van der Waals surface area contributed by atoms with Crippen molar-refractivity contribution in [2.45, 2.75) is 83.1 Å². The van der Waals surface area contributed by atoms with Crippen LogP contribution in [0, 0.1) is 0 Å². The Morgan fingerprint density at radius 2 is 0.286 bits per heavy atom.